The minimum Gasteiger partial charge on any atom is -0.310 e. The fourth-order valence-corrected chi connectivity index (χ4v) is 3.82. The molecule has 25 heavy (non-hydrogen) atoms. The van der Waals surface area contributed by atoms with Crippen molar-refractivity contribution in [1.29, 1.82) is 0 Å². The summed E-state index contributed by atoms with van der Waals surface area (Å²) in [6.07, 6.45) is 10.3. The molecule has 1 aliphatic carbocycles. The van der Waals surface area contributed by atoms with E-state index >= 15 is 0 Å². The van der Waals surface area contributed by atoms with Crippen LogP contribution in [-0.2, 0) is 11.3 Å². The summed E-state index contributed by atoms with van der Waals surface area (Å²) in [6, 6.07) is 4.56. The molecule has 1 amide bonds. The third-order valence-electron chi connectivity index (χ3n) is 5.43. The molecule has 2 atom stereocenters. The summed E-state index contributed by atoms with van der Waals surface area (Å²) in [6.45, 7) is 4.42. The first-order chi connectivity index (χ1) is 12.2. The molecule has 2 fully saturated rings. The smallest absolute Gasteiger partial charge is 0.239 e. The summed E-state index contributed by atoms with van der Waals surface area (Å²) in [4.78, 5) is 14.8. The number of aromatic nitrogens is 4. The molecule has 0 radical (unpaired) electrons. The number of hydrogen-bond donors (Lipinski definition) is 1. The van der Waals surface area contributed by atoms with Gasteiger partial charge in [0.25, 0.3) is 0 Å². The molecule has 1 aliphatic heterocycles. The Kier molecular flexibility index (Phi) is 4.57. The number of amides is 1. The summed E-state index contributed by atoms with van der Waals surface area (Å²) in [5, 5.41) is 11.7. The van der Waals surface area contributed by atoms with Gasteiger partial charge in [0, 0.05) is 24.5 Å². The highest BCUT2D eigenvalue weighted by molar-refractivity contribution is 5.91. The van der Waals surface area contributed by atoms with Crippen LogP contribution in [0.2, 0.25) is 0 Å². The van der Waals surface area contributed by atoms with Crippen LogP contribution in [0.5, 0.6) is 0 Å². The van der Waals surface area contributed by atoms with Gasteiger partial charge in [-0.15, -0.1) is 0 Å². The minimum atomic E-state index is 0.0390. The van der Waals surface area contributed by atoms with E-state index in [1.54, 1.807) is 12.4 Å². The van der Waals surface area contributed by atoms with Gasteiger partial charge in [0.2, 0.25) is 5.91 Å². The molecular formula is C18H26N6O. The standard InChI is InChI=1S/C18H26N6O/c1-14(15-5-6-15)24-17(7-9-20-24)21-18(25)13-22-10-2-4-16(22)12-23-11-3-8-19-23/h3,7-9,11,14-16H,2,4-6,10,12-13H2,1H3,(H,21,25)/t14-,16+/m0/s1. The van der Waals surface area contributed by atoms with Crippen LogP contribution in [0.15, 0.2) is 30.7 Å². The normalized spacial score (nSPS) is 22.2. The molecule has 134 valence electrons. The molecule has 7 heteroatoms. The minimum absolute atomic E-state index is 0.0390. The zero-order valence-corrected chi connectivity index (χ0v) is 14.7. The predicted molar refractivity (Wildman–Crippen MR) is 95.1 cm³/mol. The Morgan fingerprint density at radius 2 is 2.20 bits per heavy atom. The number of nitrogens with one attached hydrogen (secondary N) is 1. The number of nitrogens with zero attached hydrogens (tertiary/aromatic N) is 5. The maximum Gasteiger partial charge on any atom is 0.239 e. The van der Waals surface area contributed by atoms with Gasteiger partial charge in [-0.2, -0.15) is 10.2 Å². The SMILES string of the molecule is C[C@@H](C1CC1)n1nccc1NC(=O)CN1CCC[C@@H]1Cn1cccn1. The lowest BCUT2D eigenvalue weighted by molar-refractivity contribution is -0.117. The van der Waals surface area contributed by atoms with Crippen LogP contribution in [0.3, 0.4) is 0 Å². The Morgan fingerprint density at radius 1 is 1.32 bits per heavy atom. The molecule has 4 rings (SSSR count). The zero-order valence-electron chi connectivity index (χ0n) is 14.7. The van der Waals surface area contributed by atoms with Crippen LogP contribution in [0.1, 0.15) is 38.6 Å². The summed E-state index contributed by atoms with van der Waals surface area (Å²) < 4.78 is 3.91. The highest BCUT2D eigenvalue weighted by atomic mass is 16.2. The summed E-state index contributed by atoms with van der Waals surface area (Å²) >= 11 is 0. The molecule has 3 heterocycles. The number of carbonyl (C=O) groups excluding carboxylic acids is 1. The summed E-state index contributed by atoms with van der Waals surface area (Å²) in [5.41, 5.74) is 0. The fourth-order valence-electron chi connectivity index (χ4n) is 3.82. The second-order valence-corrected chi connectivity index (χ2v) is 7.28. The van der Waals surface area contributed by atoms with Crippen molar-refractivity contribution in [3.8, 4) is 0 Å². The quantitative estimate of drug-likeness (QED) is 0.837. The van der Waals surface area contributed by atoms with E-state index in [-0.39, 0.29) is 5.91 Å². The van der Waals surface area contributed by atoms with Gasteiger partial charge in [-0.3, -0.25) is 14.4 Å². The van der Waals surface area contributed by atoms with Crippen LogP contribution in [0, 0.1) is 5.92 Å². The van der Waals surface area contributed by atoms with Gasteiger partial charge in [-0.1, -0.05) is 0 Å². The van der Waals surface area contributed by atoms with E-state index in [1.807, 2.05) is 27.7 Å². The number of rotatable bonds is 7. The van der Waals surface area contributed by atoms with Gasteiger partial charge in [-0.05, 0) is 51.1 Å². The van der Waals surface area contributed by atoms with Gasteiger partial charge >= 0.3 is 0 Å². The lowest BCUT2D eigenvalue weighted by atomic mass is 10.2. The lowest BCUT2D eigenvalue weighted by Gasteiger charge is -2.24. The van der Waals surface area contributed by atoms with E-state index in [2.05, 4.69) is 27.3 Å². The van der Waals surface area contributed by atoms with Gasteiger partial charge < -0.3 is 5.32 Å². The van der Waals surface area contributed by atoms with Crippen molar-refractivity contribution in [2.75, 3.05) is 18.4 Å². The van der Waals surface area contributed by atoms with Crippen molar-refractivity contribution in [3.63, 3.8) is 0 Å². The van der Waals surface area contributed by atoms with Crippen LogP contribution < -0.4 is 5.32 Å². The average molecular weight is 342 g/mol. The van der Waals surface area contributed by atoms with E-state index < -0.39 is 0 Å². The molecule has 2 aromatic rings. The van der Waals surface area contributed by atoms with E-state index in [4.69, 9.17) is 0 Å². The highest BCUT2D eigenvalue weighted by Gasteiger charge is 2.31. The number of carbonyl (C=O) groups is 1. The third-order valence-corrected chi connectivity index (χ3v) is 5.43. The Labute approximate surface area is 148 Å². The summed E-state index contributed by atoms with van der Waals surface area (Å²) in [7, 11) is 0. The molecule has 0 bridgehead atoms. The highest BCUT2D eigenvalue weighted by Crippen LogP contribution is 2.40. The lowest BCUT2D eigenvalue weighted by Crippen LogP contribution is -2.39. The second kappa shape index (κ2) is 7.00. The van der Waals surface area contributed by atoms with Crippen molar-refractivity contribution < 1.29 is 4.79 Å². The first-order valence-electron chi connectivity index (χ1n) is 9.25. The monoisotopic (exact) mass is 342 g/mol. The topological polar surface area (TPSA) is 68.0 Å². The van der Waals surface area contributed by atoms with Crippen molar-refractivity contribution in [3.05, 3.63) is 30.7 Å². The van der Waals surface area contributed by atoms with Gasteiger partial charge in [-0.25, -0.2) is 4.68 Å². The molecule has 2 aromatic heterocycles. The maximum atomic E-state index is 12.6. The van der Waals surface area contributed by atoms with E-state index in [0.29, 0.717) is 24.5 Å². The maximum absolute atomic E-state index is 12.6. The zero-order chi connectivity index (χ0) is 17.2. The van der Waals surface area contributed by atoms with Gasteiger partial charge in [0.15, 0.2) is 0 Å². The van der Waals surface area contributed by atoms with E-state index in [0.717, 1.165) is 31.7 Å². The molecule has 2 aliphatic rings. The molecule has 1 saturated carbocycles. The van der Waals surface area contributed by atoms with Crippen molar-refractivity contribution in [1.82, 2.24) is 24.5 Å². The molecule has 0 spiro atoms. The first-order valence-corrected chi connectivity index (χ1v) is 9.25. The molecule has 1 N–H and O–H groups in total. The Morgan fingerprint density at radius 3 is 2.96 bits per heavy atom. The Hall–Kier alpha value is -2.15. The van der Waals surface area contributed by atoms with Crippen molar-refractivity contribution in [2.45, 2.75) is 51.2 Å². The number of anilines is 1. The van der Waals surface area contributed by atoms with Crippen molar-refractivity contribution in [2.24, 2.45) is 5.92 Å². The van der Waals surface area contributed by atoms with Crippen LogP contribution in [-0.4, -0.2) is 49.5 Å². The Balaban J connectivity index is 1.35. The molecule has 0 unspecified atom stereocenters. The van der Waals surface area contributed by atoms with E-state index in [9.17, 15) is 4.79 Å². The third kappa shape index (κ3) is 3.76. The van der Waals surface area contributed by atoms with Crippen molar-refractivity contribution >= 4 is 11.7 Å². The van der Waals surface area contributed by atoms with Crippen LogP contribution >= 0.6 is 0 Å². The number of hydrogen-bond acceptors (Lipinski definition) is 4. The molecule has 1 saturated heterocycles. The van der Waals surface area contributed by atoms with Gasteiger partial charge in [0.05, 0.1) is 25.3 Å². The first kappa shape index (κ1) is 16.3. The fraction of sp³-hybridized carbons (Fsp3) is 0.611. The van der Waals surface area contributed by atoms with Gasteiger partial charge in [0.1, 0.15) is 5.82 Å². The molecule has 7 nitrogen and oxygen atoms in total. The van der Waals surface area contributed by atoms with E-state index in [1.165, 1.54) is 12.8 Å². The second-order valence-electron chi connectivity index (χ2n) is 7.28. The van der Waals surface area contributed by atoms with Crippen LogP contribution in [0.25, 0.3) is 0 Å². The molecule has 0 aromatic carbocycles. The van der Waals surface area contributed by atoms with Crippen LogP contribution in [0.4, 0.5) is 5.82 Å². The molecular weight excluding hydrogens is 316 g/mol. The predicted octanol–water partition coefficient (Wildman–Crippen LogP) is 2.15. The number of likely N-dealkylation sites (tertiary alicyclic amines) is 1. The Bertz CT molecular complexity index is 705. The summed E-state index contributed by atoms with van der Waals surface area (Å²) in [5.74, 6) is 1.55. The average Bonchev–Trinajstić information content (AvgIpc) is 2.97. The largest absolute Gasteiger partial charge is 0.310 e.